The second-order valence-electron chi connectivity index (χ2n) is 4.73. The number of rotatable bonds is 4. The van der Waals surface area contributed by atoms with Crippen LogP contribution in [0.1, 0.15) is 27.2 Å². The summed E-state index contributed by atoms with van der Waals surface area (Å²) in [5.74, 6) is 6.29. The van der Waals surface area contributed by atoms with E-state index in [1.807, 2.05) is 38.1 Å². The number of fused-ring (bicyclic) bond motifs is 1. The van der Waals surface area contributed by atoms with Crippen LogP contribution in [0.4, 0.5) is 5.95 Å². The van der Waals surface area contributed by atoms with Crippen molar-refractivity contribution in [3.63, 3.8) is 0 Å². The molecule has 0 amide bonds. The van der Waals surface area contributed by atoms with Crippen molar-refractivity contribution in [2.75, 3.05) is 5.43 Å². The first-order valence-electron chi connectivity index (χ1n) is 5.98. The van der Waals surface area contributed by atoms with Crippen LogP contribution in [-0.2, 0) is 0 Å². The van der Waals surface area contributed by atoms with E-state index in [4.69, 9.17) is 10.6 Å². The van der Waals surface area contributed by atoms with Crippen LogP contribution in [0.3, 0.4) is 0 Å². The number of hydrogen-bond donors (Lipinski definition) is 2. The van der Waals surface area contributed by atoms with Crippen LogP contribution in [0.15, 0.2) is 24.3 Å². The van der Waals surface area contributed by atoms with Crippen molar-refractivity contribution >= 4 is 16.9 Å². The summed E-state index contributed by atoms with van der Waals surface area (Å²) in [5.41, 5.74) is 2.99. The lowest BCUT2D eigenvalue weighted by atomic mass is 10.1. The van der Waals surface area contributed by atoms with Crippen molar-refractivity contribution in [1.29, 1.82) is 0 Å². The largest absolute Gasteiger partial charge is 0.471 e. The predicted octanol–water partition coefficient (Wildman–Crippen LogP) is 2.48. The summed E-state index contributed by atoms with van der Waals surface area (Å²) in [7, 11) is 0. The quantitative estimate of drug-likeness (QED) is 0.640. The number of hydrogen-bond acceptors (Lipinski definition) is 5. The molecule has 0 aliphatic carbocycles. The topological polar surface area (TPSA) is 73.1 Å². The van der Waals surface area contributed by atoms with Crippen molar-refractivity contribution in [2.24, 2.45) is 5.84 Å². The monoisotopic (exact) mass is 246 g/mol. The van der Waals surface area contributed by atoms with Gasteiger partial charge in [-0.15, -0.1) is 0 Å². The molecule has 5 heteroatoms. The molecule has 0 aliphatic rings. The van der Waals surface area contributed by atoms with Gasteiger partial charge in [-0.25, -0.2) is 10.8 Å². The van der Waals surface area contributed by atoms with Crippen LogP contribution >= 0.6 is 0 Å². The summed E-state index contributed by atoms with van der Waals surface area (Å²) in [6.45, 7) is 6.13. The molecule has 0 aliphatic heterocycles. The van der Waals surface area contributed by atoms with Gasteiger partial charge in [-0.3, -0.25) is 5.43 Å². The van der Waals surface area contributed by atoms with Crippen molar-refractivity contribution in [2.45, 2.75) is 32.8 Å². The van der Waals surface area contributed by atoms with Gasteiger partial charge in [0.15, 0.2) is 0 Å². The van der Waals surface area contributed by atoms with E-state index in [0.29, 0.717) is 11.8 Å². The molecule has 2 aromatic rings. The number of nitrogens with zero attached hydrogens (tertiary/aromatic N) is 2. The molecule has 18 heavy (non-hydrogen) atoms. The summed E-state index contributed by atoms with van der Waals surface area (Å²) in [4.78, 5) is 8.57. The smallest absolute Gasteiger partial charge is 0.241 e. The minimum absolute atomic E-state index is 0.275. The molecule has 2 rings (SSSR count). The van der Waals surface area contributed by atoms with E-state index < -0.39 is 0 Å². The summed E-state index contributed by atoms with van der Waals surface area (Å²) in [6, 6.07) is 7.71. The molecule has 1 heterocycles. The molecule has 5 nitrogen and oxygen atoms in total. The Balaban J connectivity index is 2.53. The SMILES string of the molecule is CCC(C)(C)Oc1nc(NN)nc2ccccc12. The summed E-state index contributed by atoms with van der Waals surface area (Å²) in [5, 5.41) is 0.887. The summed E-state index contributed by atoms with van der Waals surface area (Å²) < 4.78 is 5.96. The fourth-order valence-electron chi connectivity index (χ4n) is 1.52. The predicted molar refractivity (Wildman–Crippen MR) is 72.3 cm³/mol. The third-order valence-electron chi connectivity index (χ3n) is 2.92. The summed E-state index contributed by atoms with van der Waals surface area (Å²) >= 11 is 0. The Morgan fingerprint density at radius 2 is 2.00 bits per heavy atom. The normalized spacial score (nSPS) is 11.6. The van der Waals surface area contributed by atoms with Crippen LogP contribution in [0, 0.1) is 0 Å². The number of nitrogens with one attached hydrogen (secondary N) is 1. The highest BCUT2D eigenvalue weighted by atomic mass is 16.5. The van der Waals surface area contributed by atoms with Gasteiger partial charge in [-0.2, -0.15) is 4.98 Å². The molecule has 1 aromatic heterocycles. The maximum absolute atomic E-state index is 5.96. The highest BCUT2D eigenvalue weighted by molar-refractivity contribution is 5.84. The Hall–Kier alpha value is -1.88. The number of nitrogens with two attached hydrogens (primary N) is 1. The average molecular weight is 246 g/mol. The third-order valence-corrected chi connectivity index (χ3v) is 2.92. The number of aromatic nitrogens is 2. The van der Waals surface area contributed by atoms with E-state index in [1.54, 1.807) is 0 Å². The fourth-order valence-corrected chi connectivity index (χ4v) is 1.52. The van der Waals surface area contributed by atoms with Crippen molar-refractivity contribution < 1.29 is 4.74 Å². The minimum Gasteiger partial charge on any atom is -0.471 e. The van der Waals surface area contributed by atoms with Crippen LogP contribution in [0.25, 0.3) is 10.9 Å². The maximum atomic E-state index is 5.96. The van der Waals surface area contributed by atoms with Crippen LogP contribution < -0.4 is 16.0 Å². The highest BCUT2D eigenvalue weighted by Gasteiger charge is 2.20. The second-order valence-corrected chi connectivity index (χ2v) is 4.73. The van der Waals surface area contributed by atoms with Gasteiger partial charge in [0, 0.05) is 0 Å². The zero-order chi connectivity index (χ0) is 13.2. The van der Waals surface area contributed by atoms with Crippen LogP contribution in [0.5, 0.6) is 5.88 Å². The molecule has 0 saturated carbocycles. The number of anilines is 1. The zero-order valence-electron chi connectivity index (χ0n) is 10.9. The lowest BCUT2D eigenvalue weighted by Gasteiger charge is -2.24. The second kappa shape index (κ2) is 4.78. The Morgan fingerprint density at radius 1 is 1.28 bits per heavy atom. The Kier molecular flexibility index (Phi) is 3.34. The molecule has 0 radical (unpaired) electrons. The van der Waals surface area contributed by atoms with E-state index in [9.17, 15) is 0 Å². The molecule has 0 unspecified atom stereocenters. The van der Waals surface area contributed by atoms with Gasteiger partial charge in [0.05, 0.1) is 10.9 Å². The van der Waals surface area contributed by atoms with Crippen molar-refractivity contribution in [3.05, 3.63) is 24.3 Å². The molecule has 0 bridgehead atoms. The van der Waals surface area contributed by atoms with Gasteiger partial charge in [0.25, 0.3) is 0 Å². The Labute approximate surface area is 106 Å². The van der Waals surface area contributed by atoms with Gasteiger partial charge in [0.1, 0.15) is 5.60 Å². The highest BCUT2D eigenvalue weighted by Crippen LogP contribution is 2.27. The summed E-state index contributed by atoms with van der Waals surface area (Å²) in [6.07, 6.45) is 0.886. The molecular weight excluding hydrogens is 228 g/mol. The van der Waals surface area contributed by atoms with Crippen LogP contribution in [0.2, 0.25) is 0 Å². The number of para-hydroxylation sites is 1. The Bertz CT molecular complexity index is 554. The molecule has 0 spiro atoms. The average Bonchev–Trinajstić information content (AvgIpc) is 2.38. The standard InChI is InChI=1S/C13H18N4O/c1-4-13(2,3)18-11-9-7-5-6-8-10(9)15-12(16-11)17-14/h5-8H,4,14H2,1-3H3,(H,15,16,17). The number of hydrazine groups is 1. The van der Waals surface area contributed by atoms with Gasteiger partial charge < -0.3 is 4.74 Å². The van der Waals surface area contributed by atoms with Gasteiger partial charge >= 0.3 is 0 Å². The molecule has 0 fully saturated rings. The molecule has 1 aromatic carbocycles. The first kappa shape index (κ1) is 12.6. The number of nitrogen functional groups attached to an aromatic ring is 1. The lowest BCUT2D eigenvalue weighted by molar-refractivity contribution is 0.101. The molecular formula is C13H18N4O. The zero-order valence-corrected chi connectivity index (χ0v) is 10.9. The van der Waals surface area contributed by atoms with Crippen molar-refractivity contribution in [3.8, 4) is 5.88 Å². The number of ether oxygens (including phenoxy) is 1. The fraction of sp³-hybridized carbons (Fsp3) is 0.385. The van der Waals surface area contributed by atoms with E-state index in [-0.39, 0.29) is 5.60 Å². The van der Waals surface area contributed by atoms with E-state index >= 15 is 0 Å². The van der Waals surface area contributed by atoms with Gasteiger partial charge in [-0.05, 0) is 32.4 Å². The number of benzene rings is 1. The molecule has 0 atom stereocenters. The third kappa shape index (κ3) is 2.51. The molecule has 3 N–H and O–H groups in total. The lowest BCUT2D eigenvalue weighted by Crippen LogP contribution is -2.27. The Morgan fingerprint density at radius 3 is 2.67 bits per heavy atom. The molecule has 0 saturated heterocycles. The van der Waals surface area contributed by atoms with E-state index in [1.165, 1.54) is 0 Å². The van der Waals surface area contributed by atoms with Crippen LogP contribution in [-0.4, -0.2) is 15.6 Å². The minimum atomic E-state index is -0.275. The molecule has 96 valence electrons. The van der Waals surface area contributed by atoms with E-state index in [0.717, 1.165) is 17.3 Å². The first-order valence-corrected chi connectivity index (χ1v) is 5.98. The van der Waals surface area contributed by atoms with E-state index in [2.05, 4.69) is 22.3 Å². The first-order chi connectivity index (χ1) is 8.55. The maximum Gasteiger partial charge on any atom is 0.241 e. The van der Waals surface area contributed by atoms with Crippen molar-refractivity contribution in [1.82, 2.24) is 9.97 Å². The van der Waals surface area contributed by atoms with Gasteiger partial charge in [-0.1, -0.05) is 19.1 Å². The van der Waals surface area contributed by atoms with Gasteiger partial charge in [0.2, 0.25) is 11.8 Å².